The second kappa shape index (κ2) is 7.48. The highest BCUT2D eigenvalue weighted by Crippen LogP contribution is 2.18. The summed E-state index contributed by atoms with van der Waals surface area (Å²) < 4.78 is 0. The van der Waals surface area contributed by atoms with E-state index in [1.165, 1.54) is 0 Å². The molecule has 5 heteroatoms. The molecule has 0 aromatic heterocycles. The molecule has 2 atom stereocenters. The predicted octanol–water partition coefficient (Wildman–Crippen LogP) is 1.48. The number of nitrogens with zero attached hydrogens (tertiary/aromatic N) is 1. The fraction of sp³-hybridized carbons (Fsp3) is 0.857. The first kappa shape index (κ1) is 16.0. The first-order chi connectivity index (χ1) is 8.99. The van der Waals surface area contributed by atoms with Crippen molar-refractivity contribution in [3.63, 3.8) is 0 Å². The second-order valence-electron chi connectivity index (χ2n) is 5.37. The molecule has 1 amide bonds. The first-order valence-corrected chi connectivity index (χ1v) is 7.26. The summed E-state index contributed by atoms with van der Waals surface area (Å²) in [4.78, 5) is 25.2. The van der Waals surface area contributed by atoms with E-state index in [2.05, 4.69) is 19.2 Å². The number of nitrogens with one attached hydrogen (secondary N) is 1. The summed E-state index contributed by atoms with van der Waals surface area (Å²) in [7, 11) is 0. The largest absolute Gasteiger partial charge is 0.481 e. The Morgan fingerprint density at radius 2 is 2.00 bits per heavy atom. The van der Waals surface area contributed by atoms with E-state index in [-0.39, 0.29) is 23.9 Å². The van der Waals surface area contributed by atoms with Crippen molar-refractivity contribution in [3.8, 4) is 0 Å². The van der Waals surface area contributed by atoms with Gasteiger partial charge in [0.15, 0.2) is 0 Å². The van der Waals surface area contributed by atoms with Crippen LogP contribution in [0.1, 0.15) is 46.5 Å². The number of carboxylic acid groups (broad SMARTS) is 1. The molecular formula is C14H26N2O3. The van der Waals surface area contributed by atoms with E-state index in [0.29, 0.717) is 13.0 Å². The van der Waals surface area contributed by atoms with Crippen molar-refractivity contribution in [1.29, 1.82) is 0 Å². The first-order valence-electron chi connectivity index (χ1n) is 7.26. The topological polar surface area (TPSA) is 69.6 Å². The van der Waals surface area contributed by atoms with Gasteiger partial charge in [-0.05, 0) is 39.2 Å². The maximum atomic E-state index is 12.1. The molecule has 2 N–H and O–H groups in total. The lowest BCUT2D eigenvalue weighted by Gasteiger charge is -2.35. The zero-order valence-electron chi connectivity index (χ0n) is 12.2. The van der Waals surface area contributed by atoms with E-state index >= 15 is 0 Å². The third-order valence-corrected chi connectivity index (χ3v) is 4.06. The number of hydrogen-bond acceptors (Lipinski definition) is 3. The molecule has 1 aliphatic heterocycles. The molecule has 1 saturated heterocycles. The van der Waals surface area contributed by atoms with Crippen LogP contribution in [0.2, 0.25) is 0 Å². The summed E-state index contributed by atoms with van der Waals surface area (Å²) in [6.07, 6.45) is 3.41. The summed E-state index contributed by atoms with van der Waals surface area (Å²) in [6, 6.07) is -0.0299. The number of piperidine rings is 1. The Balaban J connectivity index is 2.53. The summed E-state index contributed by atoms with van der Waals surface area (Å²) in [5.41, 5.74) is 0. The maximum absolute atomic E-state index is 12.1. The van der Waals surface area contributed by atoms with Crippen LogP contribution in [0.15, 0.2) is 0 Å². The Morgan fingerprint density at radius 1 is 1.37 bits per heavy atom. The van der Waals surface area contributed by atoms with Crippen LogP contribution >= 0.6 is 0 Å². The molecule has 0 bridgehead atoms. The Hall–Kier alpha value is -1.10. The molecular weight excluding hydrogens is 244 g/mol. The minimum atomic E-state index is -0.752. The molecule has 1 heterocycles. The van der Waals surface area contributed by atoms with Crippen LogP contribution in [-0.2, 0) is 9.59 Å². The van der Waals surface area contributed by atoms with Crippen LogP contribution in [0.25, 0.3) is 0 Å². The average molecular weight is 270 g/mol. The van der Waals surface area contributed by atoms with E-state index in [9.17, 15) is 9.59 Å². The highest BCUT2D eigenvalue weighted by atomic mass is 16.4. The van der Waals surface area contributed by atoms with Gasteiger partial charge in [-0.3, -0.25) is 14.5 Å². The number of carboxylic acids is 1. The van der Waals surface area contributed by atoms with E-state index in [4.69, 9.17) is 5.11 Å². The fourth-order valence-corrected chi connectivity index (χ4v) is 2.54. The Morgan fingerprint density at radius 3 is 2.53 bits per heavy atom. The molecule has 0 saturated carbocycles. The van der Waals surface area contributed by atoms with Gasteiger partial charge in [-0.25, -0.2) is 0 Å². The zero-order chi connectivity index (χ0) is 14.4. The van der Waals surface area contributed by atoms with Gasteiger partial charge in [0.25, 0.3) is 0 Å². The van der Waals surface area contributed by atoms with Crippen molar-refractivity contribution in [2.75, 3.05) is 13.1 Å². The number of amides is 1. The van der Waals surface area contributed by atoms with Crippen molar-refractivity contribution >= 4 is 11.9 Å². The van der Waals surface area contributed by atoms with Crippen molar-refractivity contribution in [3.05, 3.63) is 0 Å². The van der Waals surface area contributed by atoms with Gasteiger partial charge in [-0.2, -0.15) is 0 Å². The van der Waals surface area contributed by atoms with Crippen LogP contribution in [0, 0.1) is 5.92 Å². The van der Waals surface area contributed by atoms with Crippen LogP contribution < -0.4 is 5.32 Å². The van der Waals surface area contributed by atoms with Gasteiger partial charge >= 0.3 is 5.97 Å². The normalized spacial score (nSPS) is 22.2. The molecule has 1 fully saturated rings. The van der Waals surface area contributed by atoms with Gasteiger partial charge in [-0.1, -0.05) is 13.8 Å². The Bertz CT molecular complexity index is 316. The minimum absolute atomic E-state index is 0.0136. The lowest BCUT2D eigenvalue weighted by Crippen LogP contribution is -2.51. The summed E-state index contributed by atoms with van der Waals surface area (Å²) in [5, 5.41) is 12.1. The molecule has 0 aromatic carbocycles. The summed E-state index contributed by atoms with van der Waals surface area (Å²) in [6.45, 7) is 7.26. The molecule has 0 aliphatic carbocycles. The predicted molar refractivity (Wildman–Crippen MR) is 73.9 cm³/mol. The second-order valence-corrected chi connectivity index (χ2v) is 5.37. The molecule has 1 aliphatic rings. The number of carbonyl (C=O) groups excluding carboxylic acids is 1. The maximum Gasteiger partial charge on any atom is 0.307 e. The quantitative estimate of drug-likeness (QED) is 0.767. The zero-order valence-corrected chi connectivity index (χ0v) is 12.2. The Labute approximate surface area is 115 Å². The standard InChI is InChI=1S/C14H26N2O3/c1-4-12(5-2)15-13(17)10(3)16-8-6-7-11(9-16)14(18)19/h10-12H,4-9H2,1-3H3,(H,15,17)(H,18,19)/t10-,11+/m1/s1. The number of hydrogen-bond donors (Lipinski definition) is 2. The number of aliphatic carboxylic acids is 1. The number of likely N-dealkylation sites (tertiary alicyclic amines) is 1. The monoisotopic (exact) mass is 270 g/mol. The summed E-state index contributed by atoms with van der Waals surface area (Å²) >= 11 is 0. The van der Waals surface area contributed by atoms with Gasteiger partial charge in [-0.15, -0.1) is 0 Å². The van der Waals surface area contributed by atoms with E-state index in [0.717, 1.165) is 25.8 Å². The smallest absolute Gasteiger partial charge is 0.307 e. The molecule has 0 aromatic rings. The lowest BCUT2D eigenvalue weighted by atomic mass is 9.97. The fourth-order valence-electron chi connectivity index (χ4n) is 2.54. The SMILES string of the molecule is CCC(CC)NC(=O)[C@@H](C)N1CCC[C@H](C(=O)O)C1. The van der Waals surface area contributed by atoms with Crippen LogP contribution in [0.5, 0.6) is 0 Å². The number of rotatable bonds is 6. The van der Waals surface area contributed by atoms with E-state index in [1.807, 2.05) is 11.8 Å². The molecule has 0 radical (unpaired) electrons. The molecule has 110 valence electrons. The van der Waals surface area contributed by atoms with Gasteiger partial charge in [0.1, 0.15) is 0 Å². The molecule has 5 nitrogen and oxygen atoms in total. The van der Waals surface area contributed by atoms with Crippen molar-refractivity contribution in [2.45, 2.75) is 58.5 Å². The number of carbonyl (C=O) groups is 2. The van der Waals surface area contributed by atoms with Crippen molar-refractivity contribution in [2.24, 2.45) is 5.92 Å². The molecule has 1 rings (SSSR count). The highest BCUT2D eigenvalue weighted by Gasteiger charge is 2.30. The molecule has 19 heavy (non-hydrogen) atoms. The minimum Gasteiger partial charge on any atom is -0.481 e. The third-order valence-electron chi connectivity index (χ3n) is 4.06. The van der Waals surface area contributed by atoms with Crippen LogP contribution in [0.3, 0.4) is 0 Å². The van der Waals surface area contributed by atoms with Gasteiger partial charge in [0.05, 0.1) is 12.0 Å². The van der Waals surface area contributed by atoms with Gasteiger partial charge < -0.3 is 10.4 Å². The molecule has 0 unspecified atom stereocenters. The van der Waals surface area contributed by atoms with Crippen LogP contribution in [-0.4, -0.2) is 47.1 Å². The van der Waals surface area contributed by atoms with E-state index in [1.54, 1.807) is 0 Å². The van der Waals surface area contributed by atoms with E-state index < -0.39 is 5.97 Å². The van der Waals surface area contributed by atoms with Crippen LogP contribution in [0.4, 0.5) is 0 Å². The van der Waals surface area contributed by atoms with Crippen molar-refractivity contribution in [1.82, 2.24) is 10.2 Å². The Kier molecular flexibility index (Phi) is 6.28. The van der Waals surface area contributed by atoms with Gasteiger partial charge in [0.2, 0.25) is 5.91 Å². The highest BCUT2D eigenvalue weighted by molar-refractivity contribution is 5.81. The third kappa shape index (κ3) is 4.49. The molecule has 0 spiro atoms. The lowest BCUT2D eigenvalue weighted by molar-refractivity contribution is -0.145. The average Bonchev–Trinajstić information content (AvgIpc) is 2.43. The van der Waals surface area contributed by atoms with Crippen molar-refractivity contribution < 1.29 is 14.7 Å². The van der Waals surface area contributed by atoms with Gasteiger partial charge in [0, 0.05) is 12.6 Å². The summed E-state index contributed by atoms with van der Waals surface area (Å²) in [5.74, 6) is -1.07.